The molecular weight excluding hydrogens is 318 g/mol. The Hall–Kier alpha value is -2.53. The van der Waals surface area contributed by atoms with E-state index in [-0.39, 0.29) is 11.3 Å². The molecule has 0 aromatic heterocycles. The van der Waals surface area contributed by atoms with Crippen molar-refractivity contribution in [2.45, 2.75) is 31.8 Å². The average Bonchev–Trinajstić information content (AvgIpc) is 2.64. The highest BCUT2D eigenvalue weighted by Crippen LogP contribution is 2.44. The van der Waals surface area contributed by atoms with Crippen LogP contribution in [0.1, 0.15) is 51.6 Å². The number of phenols is 1. The zero-order chi connectivity index (χ0) is 17.6. The van der Waals surface area contributed by atoms with E-state index in [1.54, 1.807) is 18.2 Å². The SMILES string of the molecule is O=C(O)c1ccccc1C(O)c1cc2c3c(c1O)CCCN3CCC2. The predicted octanol–water partition coefficient (Wildman–Crippen LogP) is 2.87. The Morgan fingerprint density at radius 2 is 1.80 bits per heavy atom. The van der Waals surface area contributed by atoms with E-state index in [9.17, 15) is 20.1 Å². The molecule has 25 heavy (non-hydrogen) atoms. The third-order valence-corrected chi connectivity index (χ3v) is 5.30. The summed E-state index contributed by atoms with van der Waals surface area (Å²) in [6.07, 6.45) is 2.57. The molecule has 3 N–H and O–H groups in total. The third kappa shape index (κ3) is 2.55. The number of carboxylic acid groups (broad SMARTS) is 1. The van der Waals surface area contributed by atoms with Gasteiger partial charge in [-0.3, -0.25) is 0 Å². The van der Waals surface area contributed by atoms with E-state index in [2.05, 4.69) is 4.90 Å². The second-order valence-corrected chi connectivity index (χ2v) is 6.79. The van der Waals surface area contributed by atoms with Gasteiger partial charge in [0.15, 0.2) is 0 Å². The zero-order valence-electron chi connectivity index (χ0n) is 13.9. The first kappa shape index (κ1) is 16.0. The highest BCUT2D eigenvalue weighted by atomic mass is 16.4. The maximum absolute atomic E-state index is 11.5. The van der Waals surface area contributed by atoms with Gasteiger partial charge in [-0.15, -0.1) is 0 Å². The summed E-state index contributed by atoms with van der Waals surface area (Å²) >= 11 is 0. The lowest BCUT2D eigenvalue weighted by Crippen LogP contribution is -2.34. The number of aliphatic hydroxyl groups is 1. The molecule has 0 radical (unpaired) electrons. The molecule has 1 atom stereocenters. The molecule has 0 spiro atoms. The quantitative estimate of drug-likeness (QED) is 0.801. The largest absolute Gasteiger partial charge is 0.507 e. The maximum atomic E-state index is 11.5. The lowest BCUT2D eigenvalue weighted by molar-refractivity contribution is 0.0691. The minimum absolute atomic E-state index is 0.0578. The van der Waals surface area contributed by atoms with Crippen molar-refractivity contribution in [2.24, 2.45) is 0 Å². The molecule has 2 heterocycles. The van der Waals surface area contributed by atoms with Gasteiger partial charge in [0, 0.05) is 29.9 Å². The fraction of sp³-hybridized carbons (Fsp3) is 0.350. The standard InChI is InChI=1S/C20H21NO4/c22-18(13-6-1-2-7-14(13)20(24)25)16-11-12-5-3-9-21-10-4-8-15(17(12)21)19(16)23/h1-2,6-7,11,18,22-23H,3-5,8-10H2,(H,24,25). The fourth-order valence-corrected chi connectivity index (χ4v) is 4.17. The second kappa shape index (κ2) is 6.08. The smallest absolute Gasteiger partial charge is 0.336 e. The number of carbonyl (C=O) groups is 1. The number of phenolic OH excluding ortho intramolecular Hbond substituents is 1. The van der Waals surface area contributed by atoms with E-state index in [4.69, 9.17) is 0 Å². The van der Waals surface area contributed by atoms with Gasteiger partial charge < -0.3 is 20.2 Å². The number of nitrogens with zero attached hydrogens (tertiary/aromatic N) is 1. The third-order valence-electron chi connectivity index (χ3n) is 5.30. The van der Waals surface area contributed by atoms with Crippen molar-refractivity contribution in [3.8, 4) is 5.75 Å². The highest BCUT2D eigenvalue weighted by molar-refractivity contribution is 5.89. The molecule has 0 fully saturated rings. The molecule has 0 saturated carbocycles. The average molecular weight is 339 g/mol. The molecule has 5 heteroatoms. The first-order chi connectivity index (χ1) is 12.1. The summed E-state index contributed by atoms with van der Waals surface area (Å²) in [6.45, 7) is 2.01. The molecular formula is C20H21NO4. The van der Waals surface area contributed by atoms with Crippen molar-refractivity contribution in [1.29, 1.82) is 0 Å². The molecule has 2 aliphatic heterocycles. The van der Waals surface area contributed by atoms with E-state index in [1.807, 2.05) is 6.07 Å². The van der Waals surface area contributed by atoms with E-state index in [1.165, 1.54) is 6.07 Å². The second-order valence-electron chi connectivity index (χ2n) is 6.79. The zero-order valence-corrected chi connectivity index (χ0v) is 13.9. The highest BCUT2D eigenvalue weighted by Gasteiger charge is 2.30. The first-order valence-corrected chi connectivity index (χ1v) is 8.70. The van der Waals surface area contributed by atoms with Gasteiger partial charge in [0.2, 0.25) is 0 Å². The van der Waals surface area contributed by atoms with Crippen LogP contribution in [-0.2, 0) is 12.8 Å². The van der Waals surface area contributed by atoms with Crippen LogP contribution in [0, 0.1) is 0 Å². The van der Waals surface area contributed by atoms with Gasteiger partial charge in [-0.05, 0) is 48.9 Å². The van der Waals surface area contributed by atoms with Gasteiger partial charge in [0.05, 0.1) is 5.56 Å². The minimum atomic E-state index is -1.16. The van der Waals surface area contributed by atoms with Crippen molar-refractivity contribution >= 4 is 11.7 Å². The molecule has 4 rings (SSSR count). The van der Waals surface area contributed by atoms with Crippen molar-refractivity contribution < 1.29 is 20.1 Å². The Morgan fingerprint density at radius 1 is 1.08 bits per heavy atom. The van der Waals surface area contributed by atoms with Crippen LogP contribution in [0.15, 0.2) is 30.3 Å². The van der Waals surface area contributed by atoms with Crippen LogP contribution in [-0.4, -0.2) is 34.4 Å². The number of hydrogen-bond acceptors (Lipinski definition) is 4. The number of carboxylic acids is 1. The minimum Gasteiger partial charge on any atom is -0.507 e. The van der Waals surface area contributed by atoms with Gasteiger partial charge in [-0.1, -0.05) is 18.2 Å². The summed E-state index contributed by atoms with van der Waals surface area (Å²) in [6, 6.07) is 8.27. The van der Waals surface area contributed by atoms with Crippen molar-refractivity contribution in [3.63, 3.8) is 0 Å². The fourth-order valence-electron chi connectivity index (χ4n) is 4.17. The maximum Gasteiger partial charge on any atom is 0.336 e. The summed E-state index contributed by atoms with van der Waals surface area (Å²) in [4.78, 5) is 13.8. The van der Waals surface area contributed by atoms with Crippen LogP contribution < -0.4 is 4.90 Å². The predicted molar refractivity (Wildman–Crippen MR) is 94.4 cm³/mol. The Balaban J connectivity index is 1.86. The van der Waals surface area contributed by atoms with Gasteiger partial charge >= 0.3 is 5.97 Å². The number of aliphatic hydroxyl groups excluding tert-OH is 1. The van der Waals surface area contributed by atoms with Gasteiger partial charge in [-0.2, -0.15) is 0 Å². The molecule has 2 aliphatic rings. The number of aromatic carboxylic acids is 1. The normalized spacial score (nSPS) is 17.1. The van der Waals surface area contributed by atoms with Crippen LogP contribution >= 0.6 is 0 Å². The topological polar surface area (TPSA) is 81.0 Å². The lowest BCUT2D eigenvalue weighted by Gasteiger charge is -2.38. The summed E-state index contributed by atoms with van der Waals surface area (Å²) in [5, 5.41) is 31.1. The molecule has 5 nitrogen and oxygen atoms in total. The number of benzene rings is 2. The number of aromatic hydroxyl groups is 1. The van der Waals surface area contributed by atoms with Crippen LogP contribution in [0.4, 0.5) is 5.69 Å². The Morgan fingerprint density at radius 3 is 2.56 bits per heavy atom. The van der Waals surface area contributed by atoms with Crippen LogP contribution in [0.25, 0.3) is 0 Å². The lowest BCUT2D eigenvalue weighted by atomic mass is 9.86. The summed E-state index contributed by atoms with van der Waals surface area (Å²) in [7, 11) is 0. The van der Waals surface area contributed by atoms with E-state index in [0.29, 0.717) is 11.1 Å². The number of aryl methyl sites for hydroxylation is 1. The molecule has 130 valence electrons. The van der Waals surface area contributed by atoms with E-state index >= 15 is 0 Å². The van der Waals surface area contributed by atoms with Crippen molar-refractivity contribution in [2.75, 3.05) is 18.0 Å². The summed E-state index contributed by atoms with van der Waals surface area (Å²) in [5.41, 5.74) is 3.93. The number of hydrogen-bond donors (Lipinski definition) is 3. The van der Waals surface area contributed by atoms with Gasteiger partial charge in [0.25, 0.3) is 0 Å². The number of rotatable bonds is 3. The van der Waals surface area contributed by atoms with Crippen molar-refractivity contribution in [3.05, 3.63) is 58.1 Å². The first-order valence-electron chi connectivity index (χ1n) is 8.70. The van der Waals surface area contributed by atoms with Crippen LogP contribution in [0.2, 0.25) is 0 Å². The van der Waals surface area contributed by atoms with E-state index < -0.39 is 12.1 Å². The van der Waals surface area contributed by atoms with Crippen molar-refractivity contribution in [1.82, 2.24) is 0 Å². The molecule has 0 bridgehead atoms. The Bertz CT molecular complexity index is 844. The molecule has 0 amide bonds. The Labute approximate surface area is 146 Å². The van der Waals surface area contributed by atoms with Crippen LogP contribution in [0.3, 0.4) is 0 Å². The number of anilines is 1. The molecule has 0 saturated heterocycles. The monoisotopic (exact) mass is 339 g/mol. The molecule has 0 aliphatic carbocycles. The van der Waals surface area contributed by atoms with Gasteiger partial charge in [-0.25, -0.2) is 4.79 Å². The van der Waals surface area contributed by atoms with Gasteiger partial charge in [0.1, 0.15) is 11.9 Å². The molecule has 1 unspecified atom stereocenters. The Kier molecular flexibility index (Phi) is 3.88. The summed E-state index contributed by atoms with van der Waals surface area (Å²) in [5.74, 6) is -0.974. The van der Waals surface area contributed by atoms with E-state index in [0.717, 1.165) is 55.6 Å². The summed E-state index contributed by atoms with van der Waals surface area (Å²) < 4.78 is 0. The van der Waals surface area contributed by atoms with Crippen LogP contribution in [0.5, 0.6) is 5.75 Å². The molecule has 2 aromatic carbocycles. The molecule has 2 aromatic rings.